The predicted molar refractivity (Wildman–Crippen MR) is 87.8 cm³/mol. The summed E-state index contributed by atoms with van der Waals surface area (Å²) in [5.74, 6) is 6.42. The Balaban J connectivity index is 1.81. The summed E-state index contributed by atoms with van der Waals surface area (Å²) in [6, 6.07) is 8.43. The molecule has 2 aromatic rings. The maximum absolute atomic E-state index is 12.1. The van der Waals surface area contributed by atoms with E-state index in [1.165, 1.54) is 7.11 Å². The Bertz CT molecular complexity index is 724. The van der Waals surface area contributed by atoms with Crippen molar-refractivity contribution in [1.82, 2.24) is 10.3 Å². The molecular weight excluding hydrogens is 316 g/mol. The predicted octanol–water partition coefficient (Wildman–Crippen LogP) is 2.56. The number of hydrogen-bond donors (Lipinski definition) is 1. The highest BCUT2D eigenvalue weighted by atomic mass is 35.5. The molecule has 0 aliphatic rings. The van der Waals surface area contributed by atoms with Gasteiger partial charge in [0.2, 0.25) is 0 Å². The van der Waals surface area contributed by atoms with E-state index in [-0.39, 0.29) is 19.1 Å². The van der Waals surface area contributed by atoms with Crippen molar-refractivity contribution in [3.8, 4) is 23.3 Å². The molecule has 118 valence electrons. The van der Waals surface area contributed by atoms with Gasteiger partial charge in [0, 0.05) is 11.2 Å². The molecule has 6 heteroatoms. The zero-order chi connectivity index (χ0) is 16.5. The molecule has 5 nitrogen and oxygen atoms in total. The third-order valence-corrected chi connectivity index (χ3v) is 3.05. The maximum atomic E-state index is 12.1. The minimum Gasteiger partial charge on any atom is -0.496 e. The largest absolute Gasteiger partial charge is 0.496 e. The number of rotatable bonds is 5. The van der Waals surface area contributed by atoms with Crippen molar-refractivity contribution < 1.29 is 14.3 Å². The van der Waals surface area contributed by atoms with Gasteiger partial charge >= 0.3 is 0 Å². The van der Waals surface area contributed by atoms with Gasteiger partial charge in [-0.25, -0.2) is 0 Å². The lowest BCUT2D eigenvalue weighted by Crippen LogP contribution is -2.24. The molecule has 1 aromatic carbocycles. The average molecular weight is 331 g/mol. The number of aromatic nitrogens is 1. The number of methoxy groups -OCH3 is 1. The lowest BCUT2D eigenvalue weighted by atomic mass is 10.2. The molecule has 0 bridgehead atoms. The third kappa shape index (κ3) is 5.20. The van der Waals surface area contributed by atoms with Gasteiger partial charge in [0.1, 0.15) is 18.1 Å². The van der Waals surface area contributed by atoms with Gasteiger partial charge in [0.15, 0.2) is 0 Å². The fourth-order valence-corrected chi connectivity index (χ4v) is 1.91. The van der Waals surface area contributed by atoms with Gasteiger partial charge in [-0.1, -0.05) is 23.4 Å². The van der Waals surface area contributed by atoms with Crippen LogP contribution in [0.5, 0.6) is 11.5 Å². The number of benzene rings is 1. The summed E-state index contributed by atoms with van der Waals surface area (Å²) in [7, 11) is 1.50. The maximum Gasteiger partial charge on any atom is 0.255 e. The number of nitrogens with zero attached hydrogens (tertiary/aromatic N) is 1. The number of nitrogens with one attached hydrogen (secondary N) is 1. The molecule has 0 saturated heterocycles. The molecule has 1 N–H and O–H groups in total. The van der Waals surface area contributed by atoms with Gasteiger partial charge in [0.25, 0.3) is 5.91 Å². The van der Waals surface area contributed by atoms with Crippen LogP contribution in [0.4, 0.5) is 0 Å². The van der Waals surface area contributed by atoms with Gasteiger partial charge in [-0.05, 0) is 30.3 Å². The monoisotopic (exact) mass is 330 g/mol. The van der Waals surface area contributed by atoms with Crippen molar-refractivity contribution in [2.24, 2.45) is 0 Å². The number of amides is 1. The summed E-state index contributed by atoms with van der Waals surface area (Å²) in [5.41, 5.74) is 0.369. The van der Waals surface area contributed by atoms with E-state index in [1.807, 2.05) is 0 Å². The minimum absolute atomic E-state index is 0.199. The summed E-state index contributed by atoms with van der Waals surface area (Å²) in [6.45, 7) is 0.424. The van der Waals surface area contributed by atoms with Crippen molar-refractivity contribution in [3.05, 3.63) is 53.3 Å². The SMILES string of the molecule is COc1ccc(Cl)cc1C(=O)NCC#CCOc1cccnc1. The second-order valence-corrected chi connectivity index (χ2v) is 4.79. The zero-order valence-electron chi connectivity index (χ0n) is 12.5. The van der Waals surface area contributed by atoms with Gasteiger partial charge in [-0.2, -0.15) is 0 Å². The number of carbonyl (C=O) groups is 1. The Morgan fingerprint density at radius 3 is 2.96 bits per heavy atom. The smallest absolute Gasteiger partial charge is 0.255 e. The summed E-state index contributed by atoms with van der Waals surface area (Å²) < 4.78 is 10.5. The lowest BCUT2D eigenvalue weighted by Gasteiger charge is -2.08. The summed E-state index contributed by atoms with van der Waals surface area (Å²) in [6.07, 6.45) is 3.27. The Morgan fingerprint density at radius 1 is 1.35 bits per heavy atom. The molecular formula is C17H15ClN2O3. The van der Waals surface area contributed by atoms with E-state index in [0.29, 0.717) is 22.1 Å². The second-order valence-electron chi connectivity index (χ2n) is 4.36. The van der Waals surface area contributed by atoms with Crippen molar-refractivity contribution in [1.29, 1.82) is 0 Å². The molecule has 0 saturated carbocycles. The Labute approximate surface area is 139 Å². The molecule has 0 radical (unpaired) electrons. The van der Waals surface area contributed by atoms with E-state index in [1.54, 1.807) is 42.7 Å². The molecule has 1 amide bonds. The van der Waals surface area contributed by atoms with Crippen molar-refractivity contribution in [2.75, 3.05) is 20.3 Å². The molecule has 0 aliphatic heterocycles. The van der Waals surface area contributed by atoms with Crippen LogP contribution in [0.3, 0.4) is 0 Å². The first-order chi connectivity index (χ1) is 11.2. The molecule has 23 heavy (non-hydrogen) atoms. The number of hydrogen-bond acceptors (Lipinski definition) is 4. The number of carbonyl (C=O) groups excluding carboxylic acids is 1. The normalized spacial score (nSPS) is 9.48. The highest BCUT2D eigenvalue weighted by molar-refractivity contribution is 6.31. The number of ether oxygens (including phenoxy) is 2. The Kier molecular flexibility index (Phi) is 6.28. The van der Waals surface area contributed by atoms with Crippen LogP contribution in [0.1, 0.15) is 10.4 Å². The Morgan fingerprint density at radius 2 is 2.22 bits per heavy atom. The highest BCUT2D eigenvalue weighted by Gasteiger charge is 2.11. The first kappa shape index (κ1) is 16.7. The fourth-order valence-electron chi connectivity index (χ4n) is 1.74. The van der Waals surface area contributed by atoms with E-state index >= 15 is 0 Å². The third-order valence-electron chi connectivity index (χ3n) is 2.81. The standard InChI is InChI=1S/C17H15ClN2O3/c1-22-16-7-6-13(18)11-15(16)17(21)20-9-2-3-10-23-14-5-4-8-19-12-14/h4-8,11-12H,9-10H2,1H3,(H,20,21). The average Bonchev–Trinajstić information content (AvgIpc) is 2.58. The highest BCUT2D eigenvalue weighted by Crippen LogP contribution is 2.22. The van der Waals surface area contributed by atoms with Gasteiger partial charge in [-0.15, -0.1) is 0 Å². The van der Waals surface area contributed by atoms with E-state index in [9.17, 15) is 4.79 Å². The van der Waals surface area contributed by atoms with Gasteiger partial charge < -0.3 is 14.8 Å². The van der Waals surface area contributed by atoms with Gasteiger partial charge in [-0.3, -0.25) is 9.78 Å². The van der Waals surface area contributed by atoms with Crippen LogP contribution < -0.4 is 14.8 Å². The van der Waals surface area contributed by atoms with Crippen LogP contribution in [0, 0.1) is 11.8 Å². The fraction of sp³-hybridized carbons (Fsp3) is 0.176. The molecule has 1 heterocycles. The van der Waals surface area contributed by atoms with Crippen LogP contribution >= 0.6 is 11.6 Å². The first-order valence-electron chi connectivity index (χ1n) is 6.81. The van der Waals surface area contributed by atoms with E-state index in [2.05, 4.69) is 22.1 Å². The molecule has 2 rings (SSSR count). The topological polar surface area (TPSA) is 60.5 Å². The zero-order valence-corrected chi connectivity index (χ0v) is 13.3. The number of pyridine rings is 1. The number of halogens is 1. The quantitative estimate of drug-likeness (QED) is 0.856. The lowest BCUT2D eigenvalue weighted by molar-refractivity contribution is 0.0955. The molecule has 0 fully saturated rings. The molecule has 1 aromatic heterocycles. The summed E-state index contributed by atoms with van der Waals surface area (Å²) >= 11 is 5.89. The van der Waals surface area contributed by atoms with Crippen molar-refractivity contribution >= 4 is 17.5 Å². The van der Waals surface area contributed by atoms with Gasteiger partial charge in [0.05, 0.1) is 25.4 Å². The summed E-state index contributed by atoms with van der Waals surface area (Å²) in [5, 5.41) is 3.15. The molecule has 0 atom stereocenters. The van der Waals surface area contributed by atoms with Crippen LogP contribution in [-0.4, -0.2) is 31.2 Å². The van der Waals surface area contributed by atoms with Crippen LogP contribution in [0.2, 0.25) is 5.02 Å². The molecule has 0 unspecified atom stereocenters. The molecule has 0 spiro atoms. The van der Waals surface area contributed by atoms with E-state index < -0.39 is 0 Å². The van der Waals surface area contributed by atoms with E-state index in [4.69, 9.17) is 21.1 Å². The van der Waals surface area contributed by atoms with Crippen molar-refractivity contribution in [2.45, 2.75) is 0 Å². The van der Waals surface area contributed by atoms with E-state index in [0.717, 1.165) is 0 Å². The van der Waals surface area contributed by atoms with Crippen LogP contribution in [0.25, 0.3) is 0 Å². The summed E-state index contributed by atoms with van der Waals surface area (Å²) in [4.78, 5) is 16.0. The minimum atomic E-state index is -0.299. The van der Waals surface area contributed by atoms with Crippen LogP contribution in [-0.2, 0) is 0 Å². The van der Waals surface area contributed by atoms with Crippen molar-refractivity contribution in [3.63, 3.8) is 0 Å². The molecule has 0 aliphatic carbocycles. The second kappa shape index (κ2) is 8.66. The van der Waals surface area contributed by atoms with Crippen LogP contribution in [0.15, 0.2) is 42.7 Å². The first-order valence-corrected chi connectivity index (χ1v) is 7.19. The Hall–Kier alpha value is -2.71.